The molecule has 0 atom stereocenters. The van der Waals surface area contributed by atoms with E-state index in [0.29, 0.717) is 23.7 Å². The van der Waals surface area contributed by atoms with E-state index in [-0.39, 0.29) is 0 Å². The molecule has 0 aliphatic rings. The quantitative estimate of drug-likeness (QED) is 0.799. The van der Waals surface area contributed by atoms with Gasteiger partial charge in [-0.2, -0.15) is 9.78 Å². The summed E-state index contributed by atoms with van der Waals surface area (Å²) in [6.45, 7) is 2.46. The van der Waals surface area contributed by atoms with E-state index in [1.165, 1.54) is 4.68 Å². The van der Waals surface area contributed by atoms with Crippen LogP contribution in [0.2, 0.25) is 0 Å². The molecule has 0 unspecified atom stereocenters. The predicted molar refractivity (Wildman–Crippen MR) is 79.1 cm³/mol. The smallest absolute Gasteiger partial charge is 0.340 e. The van der Waals surface area contributed by atoms with Crippen molar-refractivity contribution < 1.29 is 9.53 Å². The van der Waals surface area contributed by atoms with Gasteiger partial charge in [0.15, 0.2) is 0 Å². The first-order valence-corrected chi connectivity index (χ1v) is 6.57. The number of benzene rings is 1. The molecule has 3 rings (SSSR count). The van der Waals surface area contributed by atoms with Crippen LogP contribution in [0.1, 0.15) is 6.92 Å². The Kier molecular flexibility index (Phi) is 3.27. The Balaban J connectivity index is 2.13. The summed E-state index contributed by atoms with van der Waals surface area (Å²) in [7, 11) is 0. The maximum atomic E-state index is 11.5. The monoisotopic (exact) mass is 282 g/mol. The van der Waals surface area contributed by atoms with Crippen LogP contribution in [0.3, 0.4) is 0 Å². The fourth-order valence-corrected chi connectivity index (χ4v) is 2.20. The number of amides is 1. The number of ether oxygens (including phenoxy) is 1. The van der Waals surface area contributed by atoms with Crippen molar-refractivity contribution in [3.05, 3.63) is 42.6 Å². The lowest BCUT2D eigenvalue weighted by atomic mass is 10.1. The summed E-state index contributed by atoms with van der Waals surface area (Å²) in [5, 5.41) is 5.15. The van der Waals surface area contributed by atoms with Crippen molar-refractivity contribution in [1.29, 1.82) is 0 Å². The van der Waals surface area contributed by atoms with Crippen LogP contribution in [0.5, 0.6) is 5.88 Å². The second-order valence-electron chi connectivity index (χ2n) is 4.43. The Labute approximate surface area is 121 Å². The van der Waals surface area contributed by atoms with E-state index in [0.717, 1.165) is 10.9 Å². The number of nitrogens with two attached hydrogens (primary N) is 1. The van der Waals surface area contributed by atoms with Gasteiger partial charge in [-0.1, -0.05) is 18.2 Å². The lowest BCUT2D eigenvalue weighted by Gasteiger charge is -2.02. The van der Waals surface area contributed by atoms with Gasteiger partial charge in [0.1, 0.15) is 5.69 Å². The van der Waals surface area contributed by atoms with Gasteiger partial charge in [-0.15, -0.1) is 0 Å². The Morgan fingerprint density at radius 1 is 1.29 bits per heavy atom. The minimum absolute atomic E-state index is 0.555. The van der Waals surface area contributed by atoms with Crippen LogP contribution >= 0.6 is 0 Å². The molecule has 6 heteroatoms. The van der Waals surface area contributed by atoms with Gasteiger partial charge >= 0.3 is 6.03 Å². The first-order valence-electron chi connectivity index (χ1n) is 6.57. The van der Waals surface area contributed by atoms with Gasteiger partial charge in [0, 0.05) is 23.2 Å². The normalized spacial score (nSPS) is 10.7. The molecule has 0 aliphatic heterocycles. The van der Waals surface area contributed by atoms with Crippen LogP contribution in [-0.4, -0.2) is 27.4 Å². The fraction of sp³-hybridized carbons (Fsp3) is 0.133. The Hall–Kier alpha value is -2.89. The largest absolute Gasteiger partial charge is 0.478 e. The van der Waals surface area contributed by atoms with Gasteiger partial charge in [-0.05, 0) is 19.1 Å². The molecule has 0 saturated carbocycles. The van der Waals surface area contributed by atoms with Gasteiger partial charge in [0.25, 0.3) is 0 Å². The molecule has 3 aromatic rings. The zero-order chi connectivity index (χ0) is 14.8. The average Bonchev–Trinajstić information content (AvgIpc) is 2.88. The lowest BCUT2D eigenvalue weighted by Crippen LogP contribution is -2.20. The summed E-state index contributed by atoms with van der Waals surface area (Å²) in [4.78, 5) is 15.7. The standard InChI is InChI=1S/C15H14N4O2/c1-2-21-13-8-7-10(9-17-13)14-11-5-3-4-6-12(11)19(18-14)15(16)20/h3-9H,2H2,1H3,(H2,16,20). The van der Waals surface area contributed by atoms with Gasteiger partial charge < -0.3 is 10.5 Å². The number of para-hydroxylation sites is 1. The van der Waals surface area contributed by atoms with Crippen molar-refractivity contribution in [3.8, 4) is 17.1 Å². The van der Waals surface area contributed by atoms with Crippen LogP contribution in [0.15, 0.2) is 42.6 Å². The van der Waals surface area contributed by atoms with E-state index >= 15 is 0 Å². The van der Waals surface area contributed by atoms with Crippen LogP contribution in [0.4, 0.5) is 4.79 Å². The molecule has 0 radical (unpaired) electrons. The number of carbonyl (C=O) groups is 1. The first-order chi connectivity index (χ1) is 10.2. The van der Waals surface area contributed by atoms with E-state index < -0.39 is 6.03 Å². The molecule has 0 saturated heterocycles. The molecule has 0 bridgehead atoms. The van der Waals surface area contributed by atoms with E-state index in [1.807, 2.05) is 31.2 Å². The van der Waals surface area contributed by atoms with Crippen molar-refractivity contribution in [2.75, 3.05) is 6.61 Å². The third-order valence-corrected chi connectivity index (χ3v) is 3.10. The fourth-order valence-electron chi connectivity index (χ4n) is 2.20. The summed E-state index contributed by atoms with van der Waals surface area (Å²) >= 11 is 0. The third kappa shape index (κ3) is 2.31. The van der Waals surface area contributed by atoms with Crippen molar-refractivity contribution in [1.82, 2.24) is 14.8 Å². The lowest BCUT2D eigenvalue weighted by molar-refractivity contribution is 0.248. The summed E-state index contributed by atoms with van der Waals surface area (Å²) in [5.74, 6) is 0.555. The minimum Gasteiger partial charge on any atom is -0.478 e. The molecule has 2 N–H and O–H groups in total. The number of carbonyl (C=O) groups excluding carboxylic acids is 1. The molecular formula is C15H14N4O2. The Morgan fingerprint density at radius 3 is 2.76 bits per heavy atom. The number of rotatable bonds is 3. The molecular weight excluding hydrogens is 268 g/mol. The molecule has 2 heterocycles. The molecule has 0 spiro atoms. The second kappa shape index (κ2) is 5.24. The molecule has 106 valence electrons. The van der Waals surface area contributed by atoms with Crippen LogP contribution < -0.4 is 10.5 Å². The maximum absolute atomic E-state index is 11.5. The molecule has 6 nitrogen and oxygen atoms in total. The first kappa shape index (κ1) is 13.1. The molecule has 21 heavy (non-hydrogen) atoms. The number of primary amides is 1. The van der Waals surface area contributed by atoms with Gasteiger partial charge in [0.05, 0.1) is 12.1 Å². The highest BCUT2D eigenvalue weighted by molar-refractivity contribution is 5.98. The number of pyridine rings is 1. The predicted octanol–water partition coefficient (Wildman–Crippen LogP) is 2.42. The summed E-state index contributed by atoms with van der Waals surface area (Å²) < 4.78 is 6.51. The topological polar surface area (TPSA) is 83.0 Å². The molecule has 0 aliphatic carbocycles. The van der Waals surface area contributed by atoms with Gasteiger partial charge in [-0.3, -0.25) is 0 Å². The van der Waals surface area contributed by atoms with Crippen LogP contribution in [-0.2, 0) is 0 Å². The van der Waals surface area contributed by atoms with E-state index in [4.69, 9.17) is 10.5 Å². The third-order valence-electron chi connectivity index (χ3n) is 3.10. The van der Waals surface area contributed by atoms with Gasteiger partial charge in [0.2, 0.25) is 5.88 Å². The maximum Gasteiger partial charge on any atom is 0.340 e. The summed E-state index contributed by atoms with van der Waals surface area (Å²) in [6, 6.07) is 10.4. The molecule has 1 aromatic carbocycles. The number of hydrogen-bond donors (Lipinski definition) is 1. The van der Waals surface area contributed by atoms with Crippen molar-refractivity contribution in [2.24, 2.45) is 5.73 Å². The van der Waals surface area contributed by atoms with Gasteiger partial charge in [-0.25, -0.2) is 9.78 Å². The zero-order valence-electron chi connectivity index (χ0n) is 11.5. The molecule has 2 aromatic heterocycles. The van der Waals surface area contributed by atoms with Crippen molar-refractivity contribution >= 4 is 16.9 Å². The number of aromatic nitrogens is 3. The highest BCUT2D eigenvalue weighted by Crippen LogP contribution is 2.27. The number of nitrogens with zero attached hydrogens (tertiary/aromatic N) is 3. The number of fused-ring (bicyclic) bond motifs is 1. The van der Waals surface area contributed by atoms with E-state index in [9.17, 15) is 4.79 Å². The van der Waals surface area contributed by atoms with E-state index in [1.54, 1.807) is 18.3 Å². The minimum atomic E-state index is -0.614. The highest BCUT2D eigenvalue weighted by atomic mass is 16.5. The van der Waals surface area contributed by atoms with Crippen LogP contribution in [0, 0.1) is 0 Å². The summed E-state index contributed by atoms with van der Waals surface area (Å²) in [5.41, 5.74) is 7.50. The zero-order valence-corrected chi connectivity index (χ0v) is 11.5. The van der Waals surface area contributed by atoms with E-state index in [2.05, 4.69) is 10.1 Å². The van der Waals surface area contributed by atoms with Crippen molar-refractivity contribution in [2.45, 2.75) is 6.92 Å². The van der Waals surface area contributed by atoms with Crippen LogP contribution in [0.25, 0.3) is 22.2 Å². The Bertz CT molecular complexity index is 793. The number of hydrogen-bond acceptors (Lipinski definition) is 4. The Morgan fingerprint density at radius 2 is 2.10 bits per heavy atom. The molecule has 0 fully saturated rings. The summed E-state index contributed by atoms with van der Waals surface area (Å²) in [6.07, 6.45) is 1.67. The average molecular weight is 282 g/mol. The molecule has 1 amide bonds. The van der Waals surface area contributed by atoms with Crippen molar-refractivity contribution in [3.63, 3.8) is 0 Å². The second-order valence-corrected chi connectivity index (χ2v) is 4.43. The highest BCUT2D eigenvalue weighted by Gasteiger charge is 2.14. The SMILES string of the molecule is CCOc1ccc(-c2nn(C(N)=O)c3ccccc23)cn1.